The number of nitrogens with one attached hydrogen (secondary N) is 1. The molecule has 0 bridgehead atoms. The summed E-state index contributed by atoms with van der Waals surface area (Å²) in [6.07, 6.45) is 0.138. The summed E-state index contributed by atoms with van der Waals surface area (Å²) >= 11 is 6.01. The van der Waals surface area contributed by atoms with Crippen LogP contribution in [0.4, 0.5) is 0 Å². The average molecular weight is 427 g/mol. The summed E-state index contributed by atoms with van der Waals surface area (Å²) in [6, 6.07) is 15.3. The number of rotatable bonds is 8. The minimum Gasteiger partial charge on any atom is -0.491 e. The molecule has 0 unspecified atom stereocenters. The number of benzene rings is 2. The van der Waals surface area contributed by atoms with Gasteiger partial charge in [0.05, 0.1) is 11.7 Å². The summed E-state index contributed by atoms with van der Waals surface area (Å²) in [4.78, 5) is 12.0. The number of halogens is 1. The number of aromatic carboxylic acids is 1. The van der Waals surface area contributed by atoms with Gasteiger partial charge in [0, 0.05) is 40.8 Å². The number of carbonyl (C=O) groups is 1. The first kappa shape index (κ1) is 21.9. The zero-order valence-electron chi connectivity index (χ0n) is 17.7. The molecular weight excluding hydrogens is 400 g/mol. The Balaban J connectivity index is 1.79. The molecule has 158 valence electrons. The molecule has 0 fully saturated rings. The third-order valence-corrected chi connectivity index (χ3v) is 5.25. The van der Waals surface area contributed by atoms with Crippen LogP contribution >= 0.6 is 11.6 Å². The summed E-state index contributed by atoms with van der Waals surface area (Å²) in [5.41, 5.74) is 4.73. The predicted octanol–water partition coefficient (Wildman–Crippen LogP) is 5.52. The SMILES string of the molecule is Cc1c(CNCc2ccc(OC(C)C)cc2)c(C(=O)O)c(C)n1-c1ccc(Cl)cc1. The van der Waals surface area contributed by atoms with Gasteiger partial charge in [0.1, 0.15) is 5.75 Å². The molecule has 1 heterocycles. The fourth-order valence-corrected chi connectivity index (χ4v) is 3.79. The van der Waals surface area contributed by atoms with Gasteiger partial charge in [-0.2, -0.15) is 0 Å². The van der Waals surface area contributed by atoms with E-state index in [9.17, 15) is 9.90 Å². The number of carboxylic acids is 1. The van der Waals surface area contributed by atoms with Gasteiger partial charge >= 0.3 is 5.97 Å². The Morgan fingerprint density at radius 1 is 1.03 bits per heavy atom. The highest BCUT2D eigenvalue weighted by Gasteiger charge is 2.23. The highest BCUT2D eigenvalue weighted by Crippen LogP contribution is 2.27. The molecule has 30 heavy (non-hydrogen) atoms. The van der Waals surface area contributed by atoms with Gasteiger partial charge in [-0.05, 0) is 69.7 Å². The molecule has 6 heteroatoms. The van der Waals surface area contributed by atoms with Crippen molar-refractivity contribution in [1.29, 1.82) is 0 Å². The van der Waals surface area contributed by atoms with Crippen LogP contribution in [-0.2, 0) is 13.1 Å². The maximum atomic E-state index is 12.0. The molecule has 0 radical (unpaired) electrons. The van der Waals surface area contributed by atoms with Gasteiger partial charge < -0.3 is 19.7 Å². The number of hydrogen-bond acceptors (Lipinski definition) is 3. The molecule has 2 N–H and O–H groups in total. The summed E-state index contributed by atoms with van der Waals surface area (Å²) < 4.78 is 7.64. The normalized spacial score (nSPS) is 11.1. The van der Waals surface area contributed by atoms with Crippen LogP contribution in [0, 0.1) is 13.8 Å². The van der Waals surface area contributed by atoms with Crippen molar-refractivity contribution in [3.8, 4) is 11.4 Å². The molecule has 0 aliphatic rings. The van der Waals surface area contributed by atoms with Crippen LogP contribution in [0.1, 0.15) is 46.7 Å². The Morgan fingerprint density at radius 3 is 2.23 bits per heavy atom. The zero-order chi connectivity index (χ0) is 21.8. The van der Waals surface area contributed by atoms with E-state index in [1.807, 2.05) is 68.7 Å². The van der Waals surface area contributed by atoms with E-state index in [0.29, 0.717) is 29.4 Å². The molecule has 5 nitrogen and oxygen atoms in total. The van der Waals surface area contributed by atoms with Crippen molar-refractivity contribution in [2.24, 2.45) is 0 Å². The first-order valence-electron chi connectivity index (χ1n) is 9.94. The lowest BCUT2D eigenvalue weighted by molar-refractivity contribution is 0.0695. The van der Waals surface area contributed by atoms with Gasteiger partial charge in [0.25, 0.3) is 0 Å². The third-order valence-electron chi connectivity index (χ3n) is 5.00. The monoisotopic (exact) mass is 426 g/mol. The lowest BCUT2D eigenvalue weighted by atomic mass is 10.1. The first-order chi connectivity index (χ1) is 14.3. The van der Waals surface area contributed by atoms with Crippen molar-refractivity contribution < 1.29 is 14.6 Å². The molecule has 0 saturated heterocycles. The number of hydrogen-bond donors (Lipinski definition) is 2. The Kier molecular flexibility index (Phi) is 6.85. The summed E-state index contributed by atoms with van der Waals surface area (Å²) in [5.74, 6) is -0.0799. The van der Waals surface area contributed by atoms with Crippen LogP contribution in [0.3, 0.4) is 0 Å². The number of ether oxygens (including phenoxy) is 1. The molecule has 3 rings (SSSR count). The maximum Gasteiger partial charge on any atom is 0.337 e. The Morgan fingerprint density at radius 2 is 1.67 bits per heavy atom. The van der Waals surface area contributed by atoms with E-state index in [-0.39, 0.29) is 6.10 Å². The van der Waals surface area contributed by atoms with Crippen molar-refractivity contribution >= 4 is 17.6 Å². The van der Waals surface area contributed by atoms with E-state index >= 15 is 0 Å². The molecule has 0 aliphatic carbocycles. The van der Waals surface area contributed by atoms with E-state index in [4.69, 9.17) is 16.3 Å². The molecule has 0 atom stereocenters. The average Bonchev–Trinajstić information content (AvgIpc) is 2.94. The number of nitrogens with zero attached hydrogens (tertiary/aromatic N) is 1. The van der Waals surface area contributed by atoms with Crippen molar-refractivity contribution in [3.05, 3.63) is 81.6 Å². The largest absolute Gasteiger partial charge is 0.491 e. The minimum absolute atomic E-state index is 0.138. The van der Waals surface area contributed by atoms with Gasteiger partial charge in [0.2, 0.25) is 0 Å². The predicted molar refractivity (Wildman–Crippen MR) is 120 cm³/mol. The third kappa shape index (κ3) is 4.86. The van der Waals surface area contributed by atoms with Crippen molar-refractivity contribution in [1.82, 2.24) is 9.88 Å². The smallest absolute Gasteiger partial charge is 0.337 e. The second-order valence-electron chi connectivity index (χ2n) is 7.56. The van der Waals surface area contributed by atoms with Crippen LogP contribution < -0.4 is 10.1 Å². The van der Waals surface area contributed by atoms with Crippen LogP contribution in [0.2, 0.25) is 5.02 Å². The summed E-state index contributed by atoms with van der Waals surface area (Å²) in [7, 11) is 0. The van der Waals surface area contributed by atoms with Gasteiger partial charge in [-0.3, -0.25) is 0 Å². The van der Waals surface area contributed by atoms with Crippen LogP contribution in [0.15, 0.2) is 48.5 Å². The summed E-state index contributed by atoms with van der Waals surface area (Å²) in [5, 5.41) is 13.8. The Bertz CT molecular complexity index is 1020. The standard InChI is InChI=1S/C24H27ClN2O3/c1-15(2)30-21-11-5-18(6-12-21)13-26-14-22-16(3)27(17(4)23(22)24(28)29)20-9-7-19(25)8-10-20/h5-12,15,26H,13-14H2,1-4H3,(H,28,29). The van der Waals surface area contributed by atoms with Gasteiger partial charge in [0.15, 0.2) is 0 Å². The van der Waals surface area contributed by atoms with Gasteiger partial charge in [-0.15, -0.1) is 0 Å². The Labute approximate surface area is 182 Å². The molecule has 0 saturated carbocycles. The highest BCUT2D eigenvalue weighted by atomic mass is 35.5. The van der Waals surface area contributed by atoms with Crippen molar-refractivity contribution in [3.63, 3.8) is 0 Å². The minimum atomic E-state index is -0.921. The van der Waals surface area contributed by atoms with Crippen molar-refractivity contribution in [2.75, 3.05) is 0 Å². The highest BCUT2D eigenvalue weighted by molar-refractivity contribution is 6.30. The van der Waals surface area contributed by atoms with Gasteiger partial charge in [-0.25, -0.2) is 4.79 Å². The lowest BCUT2D eigenvalue weighted by Gasteiger charge is -2.11. The van der Waals surface area contributed by atoms with Crippen molar-refractivity contribution in [2.45, 2.75) is 46.9 Å². The van der Waals surface area contributed by atoms with Gasteiger partial charge in [-0.1, -0.05) is 23.7 Å². The lowest BCUT2D eigenvalue weighted by Crippen LogP contribution is -2.15. The molecule has 0 amide bonds. The van der Waals surface area contributed by atoms with E-state index in [1.54, 1.807) is 12.1 Å². The topological polar surface area (TPSA) is 63.5 Å². The van der Waals surface area contributed by atoms with E-state index in [0.717, 1.165) is 28.3 Å². The Hall–Kier alpha value is -2.76. The fourth-order valence-electron chi connectivity index (χ4n) is 3.67. The fraction of sp³-hybridized carbons (Fsp3) is 0.292. The van der Waals surface area contributed by atoms with E-state index < -0.39 is 5.97 Å². The van der Waals surface area contributed by atoms with Crippen LogP contribution in [-0.4, -0.2) is 21.7 Å². The molecule has 3 aromatic rings. The summed E-state index contributed by atoms with van der Waals surface area (Å²) in [6.45, 7) is 8.86. The number of carboxylic acid groups (broad SMARTS) is 1. The molecule has 2 aromatic carbocycles. The first-order valence-corrected chi connectivity index (χ1v) is 10.3. The van der Waals surface area contributed by atoms with Crippen LogP contribution in [0.5, 0.6) is 5.75 Å². The van der Waals surface area contributed by atoms with E-state index in [2.05, 4.69) is 5.32 Å². The van der Waals surface area contributed by atoms with E-state index in [1.165, 1.54) is 0 Å². The quantitative estimate of drug-likeness (QED) is 0.497. The second-order valence-corrected chi connectivity index (χ2v) is 7.99. The number of aromatic nitrogens is 1. The maximum absolute atomic E-state index is 12.0. The molecule has 0 spiro atoms. The molecule has 1 aromatic heterocycles. The second kappa shape index (κ2) is 9.37. The zero-order valence-corrected chi connectivity index (χ0v) is 18.5. The molecule has 0 aliphatic heterocycles. The molecular formula is C24H27ClN2O3. The van der Waals surface area contributed by atoms with Crippen LogP contribution in [0.25, 0.3) is 5.69 Å².